The summed E-state index contributed by atoms with van der Waals surface area (Å²) in [5.74, 6) is -0.865. The van der Waals surface area contributed by atoms with Gasteiger partial charge in [0.15, 0.2) is 12.2 Å². The van der Waals surface area contributed by atoms with Crippen molar-refractivity contribution in [3.05, 3.63) is 59.2 Å². The number of morpholine rings is 1. The smallest absolute Gasteiger partial charge is 0.259 e. The summed E-state index contributed by atoms with van der Waals surface area (Å²) in [5.41, 5.74) is 3.49. The average Bonchev–Trinajstić information content (AvgIpc) is 3.54. The summed E-state index contributed by atoms with van der Waals surface area (Å²) in [4.78, 5) is 41.9. The molecule has 2 aromatic rings. The molecule has 36 heavy (non-hydrogen) atoms. The molecule has 0 saturated carbocycles. The van der Waals surface area contributed by atoms with Gasteiger partial charge < -0.3 is 30.3 Å². The van der Waals surface area contributed by atoms with E-state index in [-0.39, 0.29) is 25.5 Å². The lowest BCUT2D eigenvalue weighted by molar-refractivity contribution is -0.150. The third-order valence-corrected chi connectivity index (χ3v) is 6.81. The highest BCUT2D eigenvalue weighted by molar-refractivity contribution is 6.04. The molecule has 0 aliphatic carbocycles. The van der Waals surface area contributed by atoms with Crippen LogP contribution in [0.1, 0.15) is 29.5 Å². The molecule has 3 aliphatic heterocycles. The van der Waals surface area contributed by atoms with E-state index in [0.717, 1.165) is 42.6 Å². The SMILES string of the molecule is N=C1NCc2cc(NC(=O)[C@H](O)[C@H]3OCCN(c4cccc(CC(=O)N5CCCC5)c4)C3=O)ccc21. The number of hydrogen-bond acceptors (Lipinski definition) is 6. The normalized spacial score (nSPS) is 20.2. The molecule has 2 atom stereocenters. The van der Waals surface area contributed by atoms with Gasteiger partial charge in [-0.25, -0.2) is 0 Å². The van der Waals surface area contributed by atoms with E-state index in [4.69, 9.17) is 10.1 Å². The van der Waals surface area contributed by atoms with Crippen LogP contribution in [0.15, 0.2) is 42.5 Å². The van der Waals surface area contributed by atoms with Crippen molar-refractivity contribution in [2.45, 2.75) is 38.0 Å². The number of carbonyl (C=O) groups excluding carboxylic acids is 3. The van der Waals surface area contributed by atoms with Crippen molar-refractivity contribution in [1.82, 2.24) is 10.2 Å². The van der Waals surface area contributed by atoms with Crippen LogP contribution in [0.25, 0.3) is 0 Å². The molecule has 0 unspecified atom stereocenters. The molecule has 188 valence electrons. The molecular weight excluding hydrogens is 462 g/mol. The standard InChI is InChI=1S/C26H29N5O5/c27-24-20-7-6-18(14-17(20)15-28-24)29-25(34)22(33)23-26(35)31(10-11-36-23)19-5-3-4-16(12-19)13-21(32)30-8-1-2-9-30/h3-7,12,14,22-23,33H,1-2,8-11,13,15H2,(H2,27,28)(H,29,34)/t22-,23-/m1/s1. The molecule has 0 spiro atoms. The number of aliphatic hydroxyl groups excluding tert-OH is 1. The fourth-order valence-corrected chi connectivity index (χ4v) is 4.87. The summed E-state index contributed by atoms with van der Waals surface area (Å²) >= 11 is 0. The Kier molecular flexibility index (Phi) is 6.71. The second-order valence-corrected chi connectivity index (χ2v) is 9.25. The number of anilines is 2. The van der Waals surface area contributed by atoms with Gasteiger partial charge in [-0.05, 0) is 54.3 Å². The van der Waals surface area contributed by atoms with Crippen LogP contribution in [0.3, 0.4) is 0 Å². The topological polar surface area (TPSA) is 135 Å². The first-order chi connectivity index (χ1) is 17.4. The van der Waals surface area contributed by atoms with Gasteiger partial charge in [0.25, 0.3) is 11.8 Å². The molecule has 2 aromatic carbocycles. The van der Waals surface area contributed by atoms with E-state index < -0.39 is 24.0 Å². The van der Waals surface area contributed by atoms with Gasteiger partial charge in [0.2, 0.25) is 5.91 Å². The number of rotatable bonds is 6. The number of benzene rings is 2. The maximum atomic E-state index is 13.2. The molecule has 4 N–H and O–H groups in total. The molecule has 10 nitrogen and oxygen atoms in total. The maximum absolute atomic E-state index is 13.2. The van der Waals surface area contributed by atoms with E-state index in [9.17, 15) is 19.5 Å². The number of fused-ring (bicyclic) bond motifs is 1. The molecule has 0 radical (unpaired) electrons. The molecule has 5 rings (SSSR count). The van der Waals surface area contributed by atoms with Crippen molar-refractivity contribution < 1.29 is 24.2 Å². The van der Waals surface area contributed by atoms with Crippen molar-refractivity contribution in [1.29, 1.82) is 5.41 Å². The molecule has 2 fully saturated rings. The first-order valence-electron chi connectivity index (χ1n) is 12.1. The number of likely N-dealkylation sites (tertiary alicyclic amines) is 1. The van der Waals surface area contributed by atoms with Gasteiger partial charge in [0, 0.05) is 43.1 Å². The number of aliphatic hydroxyl groups is 1. The number of nitrogens with zero attached hydrogens (tertiary/aromatic N) is 2. The molecule has 0 aromatic heterocycles. The lowest BCUT2D eigenvalue weighted by Gasteiger charge is -2.34. The van der Waals surface area contributed by atoms with Crippen LogP contribution in [-0.4, -0.2) is 72.0 Å². The molecular formula is C26H29N5O5. The van der Waals surface area contributed by atoms with Crippen LogP contribution in [0, 0.1) is 5.41 Å². The Morgan fingerprint density at radius 1 is 1.17 bits per heavy atom. The highest BCUT2D eigenvalue weighted by atomic mass is 16.5. The van der Waals surface area contributed by atoms with E-state index in [1.54, 1.807) is 36.4 Å². The van der Waals surface area contributed by atoms with Gasteiger partial charge in [-0.3, -0.25) is 19.8 Å². The minimum atomic E-state index is -1.70. The second kappa shape index (κ2) is 10.1. The quantitative estimate of drug-likeness (QED) is 0.476. The summed E-state index contributed by atoms with van der Waals surface area (Å²) < 4.78 is 5.51. The van der Waals surface area contributed by atoms with Gasteiger partial charge in [-0.1, -0.05) is 12.1 Å². The molecule has 3 amide bonds. The fraction of sp³-hybridized carbons (Fsp3) is 0.385. The monoisotopic (exact) mass is 491 g/mol. The zero-order valence-corrected chi connectivity index (χ0v) is 19.8. The first kappa shape index (κ1) is 24.0. The molecule has 0 bridgehead atoms. The summed E-state index contributed by atoms with van der Waals surface area (Å²) in [7, 11) is 0. The van der Waals surface area contributed by atoms with Crippen LogP contribution in [0.2, 0.25) is 0 Å². The highest BCUT2D eigenvalue weighted by Crippen LogP contribution is 2.24. The predicted octanol–water partition coefficient (Wildman–Crippen LogP) is 1.01. The molecule has 3 aliphatic rings. The predicted molar refractivity (Wildman–Crippen MR) is 133 cm³/mol. The summed E-state index contributed by atoms with van der Waals surface area (Å²) in [6.07, 6.45) is -0.737. The van der Waals surface area contributed by atoms with Crippen LogP contribution in [0.4, 0.5) is 11.4 Å². The van der Waals surface area contributed by atoms with Crippen LogP contribution >= 0.6 is 0 Å². The number of carbonyl (C=O) groups is 3. The van der Waals surface area contributed by atoms with Crippen LogP contribution in [-0.2, 0) is 32.1 Å². The zero-order chi connectivity index (χ0) is 25.2. The Morgan fingerprint density at radius 2 is 1.97 bits per heavy atom. The summed E-state index contributed by atoms with van der Waals surface area (Å²) in [6.45, 7) is 2.49. The fourth-order valence-electron chi connectivity index (χ4n) is 4.87. The third-order valence-electron chi connectivity index (χ3n) is 6.81. The maximum Gasteiger partial charge on any atom is 0.259 e. The zero-order valence-electron chi connectivity index (χ0n) is 19.8. The van der Waals surface area contributed by atoms with Gasteiger partial charge in [0.05, 0.1) is 13.0 Å². The number of amides is 3. The first-order valence-corrected chi connectivity index (χ1v) is 12.1. The highest BCUT2D eigenvalue weighted by Gasteiger charge is 2.39. The minimum Gasteiger partial charge on any atom is -0.380 e. The lowest BCUT2D eigenvalue weighted by Crippen LogP contribution is -2.55. The largest absolute Gasteiger partial charge is 0.380 e. The van der Waals surface area contributed by atoms with Gasteiger partial charge in [-0.15, -0.1) is 0 Å². The van der Waals surface area contributed by atoms with E-state index >= 15 is 0 Å². The Bertz CT molecular complexity index is 1210. The van der Waals surface area contributed by atoms with Gasteiger partial charge in [-0.2, -0.15) is 0 Å². The van der Waals surface area contributed by atoms with Gasteiger partial charge >= 0.3 is 0 Å². The van der Waals surface area contributed by atoms with E-state index in [1.165, 1.54) is 4.90 Å². The van der Waals surface area contributed by atoms with Crippen LogP contribution in [0.5, 0.6) is 0 Å². The summed E-state index contributed by atoms with van der Waals surface area (Å²) in [5, 5.41) is 24.1. The van der Waals surface area contributed by atoms with Crippen molar-refractivity contribution in [3.8, 4) is 0 Å². The van der Waals surface area contributed by atoms with Crippen LogP contribution < -0.4 is 15.5 Å². The van der Waals surface area contributed by atoms with Crippen molar-refractivity contribution in [3.63, 3.8) is 0 Å². The Morgan fingerprint density at radius 3 is 2.78 bits per heavy atom. The number of amidine groups is 1. The number of nitrogens with one attached hydrogen (secondary N) is 3. The van der Waals surface area contributed by atoms with Gasteiger partial charge in [0.1, 0.15) is 5.84 Å². The Balaban J connectivity index is 1.25. The van der Waals surface area contributed by atoms with Crippen molar-refractivity contribution in [2.24, 2.45) is 0 Å². The van der Waals surface area contributed by atoms with Crippen molar-refractivity contribution >= 4 is 34.9 Å². The van der Waals surface area contributed by atoms with E-state index in [0.29, 0.717) is 23.8 Å². The second-order valence-electron chi connectivity index (χ2n) is 9.25. The number of hydrogen-bond donors (Lipinski definition) is 4. The van der Waals surface area contributed by atoms with E-state index in [2.05, 4.69) is 10.6 Å². The average molecular weight is 492 g/mol. The lowest BCUT2D eigenvalue weighted by atomic mass is 10.1. The van der Waals surface area contributed by atoms with Crippen molar-refractivity contribution in [2.75, 3.05) is 36.5 Å². The summed E-state index contributed by atoms with van der Waals surface area (Å²) in [6, 6.07) is 12.3. The molecule has 10 heteroatoms. The minimum absolute atomic E-state index is 0.0714. The Hall–Kier alpha value is -3.76. The Labute approximate surface area is 208 Å². The third kappa shape index (κ3) is 4.82. The molecule has 3 heterocycles. The number of ether oxygens (including phenoxy) is 1. The van der Waals surface area contributed by atoms with E-state index in [1.807, 2.05) is 11.0 Å². The molecule has 2 saturated heterocycles.